The largest absolute Gasteiger partial charge is 0.497 e. The molecule has 3 aromatic rings. The summed E-state index contributed by atoms with van der Waals surface area (Å²) in [6.07, 6.45) is 0.430. The Kier molecular flexibility index (Phi) is 4.83. The predicted molar refractivity (Wildman–Crippen MR) is 93.1 cm³/mol. The van der Waals surface area contributed by atoms with Crippen LogP contribution in [0.2, 0.25) is 0 Å². The van der Waals surface area contributed by atoms with Crippen LogP contribution in [0.5, 0.6) is 5.75 Å². The first kappa shape index (κ1) is 15.4. The van der Waals surface area contributed by atoms with Gasteiger partial charge in [0.05, 0.1) is 18.1 Å². The number of aromatic nitrogens is 2. The smallest absolute Gasteiger partial charge is 0.225 e. The highest BCUT2D eigenvalue weighted by Crippen LogP contribution is 2.23. The Morgan fingerprint density at radius 2 is 2.09 bits per heavy atom. The summed E-state index contributed by atoms with van der Waals surface area (Å²) in [6, 6.07) is 15.2. The highest BCUT2D eigenvalue weighted by atomic mass is 32.2. The zero-order valence-electron chi connectivity index (χ0n) is 12.7. The molecular weight excluding hydrogens is 310 g/mol. The molecule has 23 heavy (non-hydrogen) atoms. The number of hydrogen-bond donors (Lipinski definition) is 2. The lowest BCUT2D eigenvalue weighted by Crippen LogP contribution is -2.11. The molecule has 118 valence electrons. The number of ether oxygens (including phenoxy) is 1. The van der Waals surface area contributed by atoms with Crippen LogP contribution in [-0.4, -0.2) is 28.7 Å². The van der Waals surface area contributed by atoms with Crippen LogP contribution < -0.4 is 10.1 Å². The summed E-state index contributed by atoms with van der Waals surface area (Å²) in [6.45, 7) is 0. The van der Waals surface area contributed by atoms with Crippen LogP contribution in [0.25, 0.3) is 11.0 Å². The minimum Gasteiger partial charge on any atom is -0.497 e. The van der Waals surface area contributed by atoms with E-state index in [0.717, 1.165) is 27.6 Å². The van der Waals surface area contributed by atoms with Crippen LogP contribution in [0.3, 0.4) is 0 Å². The molecule has 0 saturated heterocycles. The number of rotatable bonds is 6. The van der Waals surface area contributed by atoms with Gasteiger partial charge in [0.2, 0.25) is 5.91 Å². The van der Waals surface area contributed by atoms with Crippen molar-refractivity contribution in [3.8, 4) is 5.75 Å². The van der Waals surface area contributed by atoms with Crippen LogP contribution in [0.1, 0.15) is 6.42 Å². The molecule has 0 saturated carbocycles. The number of benzene rings is 2. The summed E-state index contributed by atoms with van der Waals surface area (Å²) in [5, 5.41) is 3.68. The Morgan fingerprint density at radius 3 is 2.87 bits per heavy atom. The van der Waals surface area contributed by atoms with Crippen molar-refractivity contribution >= 4 is 34.4 Å². The zero-order valence-corrected chi connectivity index (χ0v) is 13.5. The first-order valence-electron chi connectivity index (χ1n) is 7.26. The molecule has 1 heterocycles. The van der Waals surface area contributed by atoms with Crippen molar-refractivity contribution < 1.29 is 9.53 Å². The average molecular weight is 327 g/mol. The van der Waals surface area contributed by atoms with Gasteiger partial charge in [-0.05, 0) is 24.3 Å². The maximum Gasteiger partial charge on any atom is 0.225 e. The normalized spacial score (nSPS) is 10.7. The summed E-state index contributed by atoms with van der Waals surface area (Å²) in [4.78, 5) is 19.6. The molecule has 0 aliphatic heterocycles. The molecule has 1 aromatic heterocycles. The number of imidazole rings is 1. The quantitative estimate of drug-likeness (QED) is 0.678. The van der Waals surface area contributed by atoms with Crippen molar-refractivity contribution in [2.75, 3.05) is 18.2 Å². The first-order chi connectivity index (χ1) is 11.2. The predicted octanol–water partition coefficient (Wildman–Crippen LogP) is 3.69. The van der Waals surface area contributed by atoms with Crippen molar-refractivity contribution in [3.05, 3.63) is 48.5 Å². The van der Waals surface area contributed by atoms with Crippen molar-refractivity contribution in [3.63, 3.8) is 0 Å². The molecule has 0 radical (unpaired) electrons. The van der Waals surface area contributed by atoms with E-state index in [9.17, 15) is 4.79 Å². The number of hydrogen-bond acceptors (Lipinski definition) is 4. The molecule has 3 rings (SSSR count). The maximum atomic E-state index is 11.9. The molecule has 6 heteroatoms. The lowest BCUT2D eigenvalue weighted by Gasteiger charge is -2.03. The van der Waals surface area contributed by atoms with E-state index < -0.39 is 0 Å². The van der Waals surface area contributed by atoms with E-state index in [1.165, 1.54) is 11.8 Å². The lowest BCUT2D eigenvalue weighted by atomic mass is 10.3. The van der Waals surface area contributed by atoms with E-state index in [4.69, 9.17) is 4.74 Å². The van der Waals surface area contributed by atoms with E-state index in [2.05, 4.69) is 15.3 Å². The molecule has 5 nitrogen and oxygen atoms in total. The molecular formula is C17H17N3O2S. The number of carbonyl (C=O) groups excluding carboxylic acids is 1. The van der Waals surface area contributed by atoms with E-state index in [1.807, 2.05) is 48.5 Å². The highest BCUT2D eigenvalue weighted by molar-refractivity contribution is 7.99. The number of anilines is 1. The molecule has 0 bridgehead atoms. The lowest BCUT2D eigenvalue weighted by molar-refractivity contribution is -0.115. The number of nitrogens with zero attached hydrogens (tertiary/aromatic N) is 1. The van der Waals surface area contributed by atoms with Crippen LogP contribution in [0, 0.1) is 0 Å². The van der Waals surface area contributed by atoms with Gasteiger partial charge >= 0.3 is 0 Å². The molecule has 2 N–H and O–H groups in total. The standard InChI is InChI=1S/C17H17N3O2S/c1-22-13-7-8-14-15(11-13)20-17(19-14)23-10-9-16(21)18-12-5-3-2-4-6-12/h2-8,11H,9-10H2,1H3,(H,18,21)(H,19,20). The van der Waals surface area contributed by atoms with Gasteiger partial charge in [-0.3, -0.25) is 4.79 Å². The van der Waals surface area contributed by atoms with Gasteiger partial charge in [-0.25, -0.2) is 4.98 Å². The number of fused-ring (bicyclic) bond motifs is 1. The van der Waals surface area contributed by atoms with E-state index in [-0.39, 0.29) is 5.91 Å². The summed E-state index contributed by atoms with van der Waals surface area (Å²) in [7, 11) is 1.64. The molecule has 0 aliphatic rings. The molecule has 0 unspecified atom stereocenters. The van der Waals surface area contributed by atoms with Crippen LogP contribution in [0.4, 0.5) is 5.69 Å². The fraction of sp³-hybridized carbons (Fsp3) is 0.176. The molecule has 0 atom stereocenters. The third-order valence-electron chi connectivity index (χ3n) is 3.29. The van der Waals surface area contributed by atoms with Crippen molar-refractivity contribution in [2.24, 2.45) is 0 Å². The molecule has 2 aromatic carbocycles. The van der Waals surface area contributed by atoms with E-state index in [1.54, 1.807) is 7.11 Å². The Balaban J connectivity index is 1.53. The number of amides is 1. The number of nitrogens with one attached hydrogen (secondary N) is 2. The minimum absolute atomic E-state index is 0.00137. The Bertz CT molecular complexity index is 802. The Hall–Kier alpha value is -2.47. The summed E-state index contributed by atoms with van der Waals surface area (Å²) < 4.78 is 5.19. The third kappa shape index (κ3) is 4.04. The second kappa shape index (κ2) is 7.19. The summed E-state index contributed by atoms with van der Waals surface area (Å²) in [5.41, 5.74) is 2.64. The topological polar surface area (TPSA) is 67.0 Å². The zero-order chi connectivity index (χ0) is 16.1. The molecule has 0 fully saturated rings. The van der Waals surface area contributed by atoms with Crippen LogP contribution >= 0.6 is 11.8 Å². The average Bonchev–Trinajstić information content (AvgIpc) is 2.97. The number of carbonyl (C=O) groups is 1. The van der Waals surface area contributed by atoms with Gasteiger partial charge in [-0.2, -0.15) is 0 Å². The molecule has 0 spiro atoms. The minimum atomic E-state index is 0.00137. The van der Waals surface area contributed by atoms with E-state index >= 15 is 0 Å². The fourth-order valence-corrected chi connectivity index (χ4v) is 2.97. The van der Waals surface area contributed by atoms with Crippen LogP contribution in [0.15, 0.2) is 53.7 Å². The van der Waals surface area contributed by atoms with Gasteiger partial charge in [-0.15, -0.1) is 0 Å². The second-order valence-electron chi connectivity index (χ2n) is 4.94. The number of H-pyrrole nitrogens is 1. The number of para-hydroxylation sites is 1. The fourth-order valence-electron chi connectivity index (χ4n) is 2.15. The molecule has 1 amide bonds. The van der Waals surface area contributed by atoms with Gasteiger partial charge in [0, 0.05) is 23.9 Å². The van der Waals surface area contributed by atoms with Crippen LogP contribution in [-0.2, 0) is 4.79 Å². The SMILES string of the molecule is COc1ccc2nc(SCCC(=O)Nc3ccccc3)[nH]c2c1. The first-order valence-corrected chi connectivity index (χ1v) is 8.24. The monoisotopic (exact) mass is 327 g/mol. The van der Waals surface area contributed by atoms with Crippen molar-refractivity contribution in [1.29, 1.82) is 0 Å². The number of methoxy groups -OCH3 is 1. The highest BCUT2D eigenvalue weighted by Gasteiger charge is 2.07. The number of thioether (sulfide) groups is 1. The summed E-state index contributed by atoms with van der Waals surface area (Å²) >= 11 is 1.53. The van der Waals surface area contributed by atoms with Gasteiger partial charge in [-0.1, -0.05) is 30.0 Å². The van der Waals surface area contributed by atoms with Gasteiger partial charge < -0.3 is 15.0 Å². The Labute approximate surface area is 138 Å². The van der Waals surface area contributed by atoms with E-state index in [0.29, 0.717) is 12.2 Å². The van der Waals surface area contributed by atoms with Gasteiger partial charge in [0.25, 0.3) is 0 Å². The maximum absolute atomic E-state index is 11.9. The summed E-state index contributed by atoms with van der Waals surface area (Å²) in [5.74, 6) is 1.46. The van der Waals surface area contributed by atoms with Crippen molar-refractivity contribution in [2.45, 2.75) is 11.6 Å². The third-order valence-corrected chi connectivity index (χ3v) is 4.17. The second-order valence-corrected chi connectivity index (χ2v) is 6.02. The Morgan fingerprint density at radius 1 is 1.26 bits per heavy atom. The molecule has 0 aliphatic carbocycles. The van der Waals surface area contributed by atoms with Crippen molar-refractivity contribution in [1.82, 2.24) is 9.97 Å². The van der Waals surface area contributed by atoms with Gasteiger partial charge in [0.1, 0.15) is 5.75 Å². The number of aromatic amines is 1. The van der Waals surface area contributed by atoms with Gasteiger partial charge in [0.15, 0.2) is 5.16 Å².